The Hall–Kier alpha value is -6.84. The monoisotopic (exact) mass is 734 g/mol. The van der Waals surface area contributed by atoms with Crippen molar-refractivity contribution in [2.75, 3.05) is 9.80 Å². The van der Waals surface area contributed by atoms with E-state index in [2.05, 4.69) is 219 Å². The Morgan fingerprint density at radius 2 is 0.632 bits per heavy atom. The van der Waals surface area contributed by atoms with E-state index in [1.807, 2.05) is 0 Å². The van der Waals surface area contributed by atoms with Crippen LogP contribution in [0.5, 0.6) is 0 Å². The van der Waals surface area contributed by atoms with Crippen molar-refractivity contribution < 1.29 is 4.42 Å². The summed E-state index contributed by atoms with van der Waals surface area (Å²) in [4.78, 5) is 4.91. The van der Waals surface area contributed by atoms with Crippen molar-refractivity contribution in [2.24, 2.45) is 0 Å². The quantitative estimate of drug-likeness (QED) is 0.179. The van der Waals surface area contributed by atoms with Gasteiger partial charge in [-0.1, -0.05) is 149 Å². The highest BCUT2D eigenvalue weighted by molar-refractivity contribution is 6.09. The number of hydrogen-bond donors (Lipinski definition) is 0. The maximum absolute atomic E-state index is 6.54. The summed E-state index contributed by atoms with van der Waals surface area (Å²) in [5, 5.41) is 2.21. The van der Waals surface area contributed by atoms with Crippen LogP contribution in [0.2, 0.25) is 0 Å². The average Bonchev–Trinajstić information content (AvgIpc) is 3.62. The molecule has 2 aliphatic heterocycles. The molecule has 0 amide bonds. The molecule has 0 spiro atoms. The smallest absolute Gasteiger partial charge is 0.135 e. The van der Waals surface area contributed by atoms with Crippen LogP contribution >= 0.6 is 0 Å². The molecule has 8 aromatic carbocycles. The van der Waals surface area contributed by atoms with Crippen molar-refractivity contribution in [3.63, 3.8) is 0 Å². The fourth-order valence-electron chi connectivity index (χ4n) is 9.80. The first-order chi connectivity index (χ1) is 27.8. The Balaban J connectivity index is 1.06. The molecule has 0 aliphatic carbocycles. The van der Waals surface area contributed by atoms with Crippen molar-refractivity contribution in [1.82, 2.24) is 0 Å². The van der Waals surface area contributed by atoms with Crippen LogP contribution in [-0.2, 0) is 10.8 Å². The van der Waals surface area contributed by atoms with Gasteiger partial charge in [0.15, 0.2) is 0 Å². The van der Waals surface area contributed by atoms with E-state index in [-0.39, 0.29) is 10.8 Å². The lowest BCUT2D eigenvalue weighted by molar-refractivity contribution is 0.632. The number of rotatable bonds is 4. The first-order valence-corrected chi connectivity index (χ1v) is 19.9. The minimum absolute atomic E-state index is 0.124. The number of nitrogens with zero attached hydrogens (tertiary/aromatic N) is 2. The normalized spacial score (nSPS) is 14.9. The predicted octanol–water partition coefficient (Wildman–Crippen LogP) is 15.1. The van der Waals surface area contributed by atoms with Gasteiger partial charge in [0.2, 0.25) is 0 Å². The lowest BCUT2D eigenvalue weighted by Crippen LogP contribution is -2.30. The molecule has 0 N–H and O–H groups in total. The molecule has 3 heterocycles. The van der Waals surface area contributed by atoms with Crippen LogP contribution < -0.4 is 9.80 Å². The highest BCUT2D eigenvalue weighted by atomic mass is 16.3. The molecule has 0 unspecified atom stereocenters. The van der Waals surface area contributed by atoms with Gasteiger partial charge in [0, 0.05) is 32.7 Å². The SMILES string of the molecule is CC1(C)c2ccccc2N(c2ccccc2-c2ccc3oc4ccc(-c5ccccc5N5c6ccccc6C(C)(C)c6ccccc65)cc4c3c2)c2ccccc21. The van der Waals surface area contributed by atoms with E-state index < -0.39 is 0 Å². The van der Waals surface area contributed by atoms with Gasteiger partial charge in [0.1, 0.15) is 11.2 Å². The standard InChI is InChI=1S/C54H42N2O/c1-53(2)41-19-7-13-25-47(41)55(48-26-14-8-20-42(48)53)45-23-11-5-17-37(45)35-29-31-51-39(33-35)40-34-36(30-32-52(40)57-51)38-18-6-12-24-46(38)56-49-27-15-9-21-43(49)54(3,4)44-22-10-16-28-50(44)56/h5-34H,1-4H3. The highest BCUT2D eigenvalue weighted by Crippen LogP contribution is 2.55. The molecule has 0 saturated carbocycles. The van der Waals surface area contributed by atoms with Gasteiger partial charge in [-0.3, -0.25) is 0 Å². The van der Waals surface area contributed by atoms with E-state index in [0.717, 1.165) is 44.4 Å². The first kappa shape index (κ1) is 33.5. The summed E-state index contributed by atoms with van der Waals surface area (Å²) in [6.45, 7) is 9.35. The molecule has 0 bridgehead atoms. The van der Waals surface area contributed by atoms with Crippen LogP contribution in [-0.4, -0.2) is 0 Å². The van der Waals surface area contributed by atoms with Gasteiger partial charge in [-0.25, -0.2) is 0 Å². The zero-order valence-corrected chi connectivity index (χ0v) is 32.6. The molecule has 3 heteroatoms. The van der Waals surface area contributed by atoms with Gasteiger partial charge in [0.25, 0.3) is 0 Å². The second-order valence-corrected chi connectivity index (χ2v) is 16.5. The van der Waals surface area contributed by atoms with Gasteiger partial charge in [-0.2, -0.15) is 0 Å². The number of benzene rings is 8. The van der Waals surface area contributed by atoms with E-state index in [9.17, 15) is 0 Å². The van der Waals surface area contributed by atoms with Crippen LogP contribution in [0.1, 0.15) is 49.9 Å². The Bertz CT molecular complexity index is 2750. The third kappa shape index (κ3) is 4.91. The lowest BCUT2D eigenvalue weighted by Gasteiger charge is -2.42. The molecule has 0 fully saturated rings. The number of hydrogen-bond acceptors (Lipinski definition) is 3. The Labute approximate surface area is 334 Å². The molecular weight excluding hydrogens is 693 g/mol. The van der Waals surface area contributed by atoms with E-state index in [4.69, 9.17) is 4.42 Å². The number of anilines is 6. The average molecular weight is 735 g/mol. The summed E-state index contributed by atoms with van der Waals surface area (Å²) < 4.78 is 6.54. The fraction of sp³-hybridized carbons (Fsp3) is 0.111. The largest absolute Gasteiger partial charge is 0.456 e. The fourth-order valence-corrected chi connectivity index (χ4v) is 9.80. The van der Waals surface area contributed by atoms with Crippen LogP contribution in [0, 0.1) is 0 Å². The minimum atomic E-state index is -0.124. The van der Waals surface area contributed by atoms with Crippen molar-refractivity contribution in [1.29, 1.82) is 0 Å². The van der Waals surface area contributed by atoms with E-state index >= 15 is 0 Å². The van der Waals surface area contributed by atoms with Gasteiger partial charge in [-0.15, -0.1) is 0 Å². The Morgan fingerprint density at radius 3 is 0.982 bits per heavy atom. The van der Waals surface area contributed by atoms with Gasteiger partial charge in [-0.05, 0) is 94.0 Å². The van der Waals surface area contributed by atoms with E-state index in [1.165, 1.54) is 56.1 Å². The third-order valence-corrected chi connectivity index (χ3v) is 12.7. The van der Waals surface area contributed by atoms with Crippen LogP contribution in [0.3, 0.4) is 0 Å². The maximum atomic E-state index is 6.54. The van der Waals surface area contributed by atoms with E-state index in [1.54, 1.807) is 0 Å². The molecule has 1 aromatic heterocycles. The topological polar surface area (TPSA) is 19.6 Å². The number of furan rings is 1. The number of para-hydroxylation sites is 6. The number of fused-ring (bicyclic) bond motifs is 7. The van der Waals surface area contributed by atoms with Gasteiger partial charge in [0.05, 0.1) is 34.1 Å². The Morgan fingerprint density at radius 1 is 0.333 bits per heavy atom. The zero-order chi connectivity index (χ0) is 38.5. The first-order valence-electron chi connectivity index (χ1n) is 19.9. The lowest BCUT2D eigenvalue weighted by atomic mass is 9.73. The molecule has 2 aliphatic rings. The summed E-state index contributed by atoms with van der Waals surface area (Å²) in [5.74, 6) is 0. The molecule has 0 atom stereocenters. The van der Waals surface area contributed by atoms with Gasteiger partial charge < -0.3 is 14.2 Å². The van der Waals surface area contributed by atoms with Crippen LogP contribution in [0.15, 0.2) is 186 Å². The second kappa shape index (κ2) is 12.3. The summed E-state index contributed by atoms with van der Waals surface area (Å²) in [6.07, 6.45) is 0. The van der Waals surface area contributed by atoms with Crippen LogP contribution in [0.25, 0.3) is 44.2 Å². The van der Waals surface area contributed by atoms with Crippen molar-refractivity contribution in [3.05, 3.63) is 204 Å². The summed E-state index contributed by atoms with van der Waals surface area (Å²) in [5.41, 5.74) is 18.6. The summed E-state index contributed by atoms with van der Waals surface area (Å²) in [7, 11) is 0. The molecule has 274 valence electrons. The van der Waals surface area contributed by atoms with Crippen molar-refractivity contribution in [3.8, 4) is 22.3 Å². The predicted molar refractivity (Wildman–Crippen MR) is 238 cm³/mol. The molecule has 0 saturated heterocycles. The molecule has 57 heavy (non-hydrogen) atoms. The van der Waals surface area contributed by atoms with E-state index in [0.29, 0.717) is 0 Å². The molecule has 3 nitrogen and oxygen atoms in total. The summed E-state index contributed by atoms with van der Waals surface area (Å²) >= 11 is 0. The highest BCUT2D eigenvalue weighted by Gasteiger charge is 2.38. The van der Waals surface area contributed by atoms with Gasteiger partial charge >= 0.3 is 0 Å². The molecule has 11 rings (SSSR count). The molecule has 0 radical (unpaired) electrons. The van der Waals surface area contributed by atoms with Crippen molar-refractivity contribution in [2.45, 2.75) is 38.5 Å². The second-order valence-electron chi connectivity index (χ2n) is 16.5. The van der Waals surface area contributed by atoms with Crippen LogP contribution in [0.4, 0.5) is 34.1 Å². The zero-order valence-electron chi connectivity index (χ0n) is 32.6. The maximum Gasteiger partial charge on any atom is 0.135 e. The third-order valence-electron chi connectivity index (χ3n) is 12.7. The van der Waals surface area contributed by atoms with Crippen molar-refractivity contribution >= 4 is 56.1 Å². The minimum Gasteiger partial charge on any atom is -0.456 e. The molecular formula is C54H42N2O. The molecule has 9 aromatic rings. The summed E-state index contributed by atoms with van der Waals surface area (Å²) in [6, 6.07) is 66.4. The Kier molecular flexibility index (Phi) is 7.25.